The zero-order valence-electron chi connectivity index (χ0n) is 10.4. The van der Waals surface area contributed by atoms with Crippen LogP contribution in [0, 0.1) is 12.8 Å². The summed E-state index contributed by atoms with van der Waals surface area (Å²) in [5, 5.41) is 9.54. The minimum Gasteiger partial charge on any atom is -0.504 e. The highest BCUT2D eigenvalue weighted by Crippen LogP contribution is 2.30. The van der Waals surface area contributed by atoms with E-state index in [0.717, 1.165) is 12.8 Å². The van der Waals surface area contributed by atoms with Crippen LogP contribution in [0.1, 0.15) is 31.4 Å². The summed E-state index contributed by atoms with van der Waals surface area (Å²) in [6, 6.07) is 3.06. The lowest BCUT2D eigenvalue weighted by molar-refractivity contribution is 0.307. The molecular weight excluding hydrogens is 252 g/mol. The van der Waals surface area contributed by atoms with Gasteiger partial charge in [-0.25, -0.2) is 13.4 Å². The van der Waals surface area contributed by atoms with Crippen molar-refractivity contribution in [1.29, 1.82) is 0 Å². The van der Waals surface area contributed by atoms with E-state index in [9.17, 15) is 13.5 Å². The predicted molar refractivity (Wildman–Crippen MR) is 70.0 cm³/mol. The third-order valence-corrected chi connectivity index (χ3v) is 4.56. The molecule has 1 aromatic rings. The van der Waals surface area contributed by atoms with Crippen LogP contribution in [0.15, 0.2) is 12.1 Å². The first-order valence-corrected chi connectivity index (χ1v) is 7.78. The van der Waals surface area contributed by atoms with Crippen molar-refractivity contribution < 1.29 is 13.5 Å². The summed E-state index contributed by atoms with van der Waals surface area (Å²) < 4.78 is 26.0. The molecular formula is C12H18N2O3S. The van der Waals surface area contributed by atoms with E-state index >= 15 is 0 Å². The second-order valence-corrected chi connectivity index (χ2v) is 6.67. The van der Waals surface area contributed by atoms with E-state index in [2.05, 4.69) is 9.71 Å². The molecule has 1 aromatic heterocycles. The number of pyridine rings is 1. The van der Waals surface area contributed by atoms with E-state index < -0.39 is 10.0 Å². The van der Waals surface area contributed by atoms with Gasteiger partial charge in [0.15, 0.2) is 11.6 Å². The Labute approximate surface area is 107 Å². The zero-order valence-corrected chi connectivity index (χ0v) is 11.2. The molecule has 100 valence electrons. The van der Waals surface area contributed by atoms with Crippen LogP contribution in [0.3, 0.4) is 0 Å². The molecule has 0 aliphatic heterocycles. The Balaban J connectivity index is 1.99. The number of sulfonamides is 1. The van der Waals surface area contributed by atoms with Gasteiger partial charge in [-0.1, -0.05) is 19.3 Å². The van der Waals surface area contributed by atoms with Crippen molar-refractivity contribution >= 4 is 15.8 Å². The van der Waals surface area contributed by atoms with Gasteiger partial charge < -0.3 is 5.11 Å². The maximum Gasteiger partial charge on any atom is 0.233 e. The van der Waals surface area contributed by atoms with Crippen molar-refractivity contribution in [3.8, 4) is 5.75 Å². The molecule has 0 bridgehead atoms. The molecule has 1 heterocycles. The molecule has 0 unspecified atom stereocenters. The van der Waals surface area contributed by atoms with Crippen LogP contribution in [0.4, 0.5) is 5.82 Å². The molecule has 2 rings (SSSR count). The third kappa shape index (κ3) is 3.35. The number of aromatic nitrogens is 1. The first kappa shape index (κ1) is 13.1. The molecule has 0 spiro atoms. The molecule has 2 N–H and O–H groups in total. The molecule has 1 fully saturated rings. The molecule has 0 radical (unpaired) electrons. The molecule has 0 atom stereocenters. The van der Waals surface area contributed by atoms with E-state index in [-0.39, 0.29) is 17.3 Å². The fourth-order valence-electron chi connectivity index (χ4n) is 1.93. The molecule has 18 heavy (non-hydrogen) atoms. The van der Waals surface area contributed by atoms with E-state index in [1.807, 2.05) is 0 Å². The van der Waals surface area contributed by atoms with E-state index in [4.69, 9.17) is 0 Å². The van der Waals surface area contributed by atoms with E-state index in [0.29, 0.717) is 18.0 Å². The van der Waals surface area contributed by atoms with Gasteiger partial charge in [0.2, 0.25) is 10.0 Å². The average Bonchev–Trinajstić information content (AvgIpc) is 2.20. The summed E-state index contributed by atoms with van der Waals surface area (Å²) in [6.45, 7) is 1.74. The number of hydrogen-bond acceptors (Lipinski definition) is 4. The SMILES string of the molecule is Cc1ccc(O)c(NS(=O)(=O)CCC2CCC2)n1. The minimum atomic E-state index is -3.42. The summed E-state index contributed by atoms with van der Waals surface area (Å²) in [4.78, 5) is 3.98. The Morgan fingerprint density at radius 2 is 2.17 bits per heavy atom. The van der Waals surface area contributed by atoms with Crippen molar-refractivity contribution in [2.24, 2.45) is 5.92 Å². The van der Waals surface area contributed by atoms with E-state index in [1.54, 1.807) is 13.0 Å². The number of nitrogens with one attached hydrogen (secondary N) is 1. The Kier molecular flexibility index (Phi) is 3.75. The molecule has 0 aromatic carbocycles. The summed E-state index contributed by atoms with van der Waals surface area (Å²) >= 11 is 0. The van der Waals surface area contributed by atoms with Gasteiger partial charge in [-0.2, -0.15) is 0 Å². The molecule has 6 heteroatoms. The van der Waals surface area contributed by atoms with Crippen LogP contribution in [-0.4, -0.2) is 24.3 Å². The van der Waals surface area contributed by atoms with Crippen molar-refractivity contribution in [2.45, 2.75) is 32.6 Å². The lowest BCUT2D eigenvalue weighted by Crippen LogP contribution is -2.22. The van der Waals surface area contributed by atoms with Crippen LogP contribution in [0.2, 0.25) is 0 Å². The minimum absolute atomic E-state index is 0.0172. The highest BCUT2D eigenvalue weighted by Gasteiger charge is 2.21. The normalized spacial score (nSPS) is 16.3. The Bertz CT molecular complexity index is 524. The first-order chi connectivity index (χ1) is 8.46. The van der Waals surface area contributed by atoms with Crippen molar-refractivity contribution in [3.05, 3.63) is 17.8 Å². The van der Waals surface area contributed by atoms with Gasteiger partial charge in [-0.15, -0.1) is 0 Å². The van der Waals surface area contributed by atoms with Crippen LogP contribution in [-0.2, 0) is 10.0 Å². The lowest BCUT2D eigenvalue weighted by atomic mass is 9.84. The van der Waals surface area contributed by atoms with Crippen LogP contribution < -0.4 is 4.72 Å². The van der Waals surface area contributed by atoms with Crippen LogP contribution in [0.5, 0.6) is 5.75 Å². The summed E-state index contributed by atoms with van der Waals surface area (Å²) in [6.07, 6.45) is 4.15. The highest BCUT2D eigenvalue weighted by atomic mass is 32.2. The van der Waals surface area contributed by atoms with Gasteiger partial charge in [0, 0.05) is 5.69 Å². The number of rotatable bonds is 5. The number of nitrogens with zero attached hydrogens (tertiary/aromatic N) is 1. The maximum absolute atomic E-state index is 11.8. The maximum atomic E-state index is 11.8. The standard InChI is InChI=1S/C12H18N2O3S/c1-9-5-6-11(15)12(13-9)14-18(16,17)8-7-10-3-2-4-10/h5-6,10,15H,2-4,7-8H2,1H3,(H,13,14). The third-order valence-electron chi connectivity index (χ3n) is 3.28. The lowest BCUT2D eigenvalue weighted by Gasteiger charge is -2.24. The molecule has 1 aliphatic rings. The van der Waals surface area contributed by atoms with Crippen LogP contribution >= 0.6 is 0 Å². The largest absolute Gasteiger partial charge is 0.504 e. The Hall–Kier alpha value is -1.30. The number of aryl methyl sites for hydroxylation is 1. The average molecular weight is 270 g/mol. The van der Waals surface area contributed by atoms with Gasteiger partial charge in [0.05, 0.1) is 5.75 Å². The van der Waals surface area contributed by atoms with Gasteiger partial charge in [-0.05, 0) is 31.4 Å². The second-order valence-electron chi connectivity index (χ2n) is 4.83. The van der Waals surface area contributed by atoms with Gasteiger partial charge in [0.1, 0.15) is 0 Å². The zero-order chi connectivity index (χ0) is 13.2. The van der Waals surface area contributed by atoms with Crippen molar-refractivity contribution in [2.75, 3.05) is 10.5 Å². The van der Waals surface area contributed by atoms with Gasteiger partial charge in [0.25, 0.3) is 0 Å². The predicted octanol–water partition coefficient (Wildman–Crippen LogP) is 2.03. The summed E-state index contributed by atoms with van der Waals surface area (Å²) in [5.74, 6) is 0.504. The summed E-state index contributed by atoms with van der Waals surface area (Å²) in [7, 11) is -3.42. The van der Waals surface area contributed by atoms with Gasteiger partial charge in [-0.3, -0.25) is 4.72 Å². The second kappa shape index (κ2) is 5.14. The molecule has 0 saturated heterocycles. The van der Waals surface area contributed by atoms with Gasteiger partial charge >= 0.3 is 0 Å². The molecule has 5 nitrogen and oxygen atoms in total. The number of anilines is 1. The van der Waals surface area contributed by atoms with Crippen molar-refractivity contribution in [1.82, 2.24) is 4.98 Å². The highest BCUT2D eigenvalue weighted by molar-refractivity contribution is 7.92. The fraction of sp³-hybridized carbons (Fsp3) is 0.583. The Morgan fingerprint density at radius 3 is 2.78 bits per heavy atom. The molecule has 1 aliphatic carbocycles. The molecule has 1 saturated carbocycles. The topological polar surface area (TPSA) is 79.3 Å². The Morgan fingerprint density at radius 1 is 1.44 bits per heavy atom. The monoisotopic (exact) mass is 270 g/mol. The van der Waals surface area contributed by atoms with Crippen molar-refractivity contribution in [3.63, 3.8) is 0 Å². The van der Waals surface area contributed by atoms with E-state index in [1.165, 1.54) is 12.5 Å². The number of hydrogen-bond donors (Lipinski definition) is 2. The smallest absolute Gasteiger partial charge is 0.233 e. The first-order valence-electron chi connectivity index (χ1n) is 6.13. The number of aromatic hydroxyl groups is 1. The fourth-order valence-corrected chi connectivity index (χ4v) is 3.12. The quantitative estimate of drug-likeness (QED) is 0.858. The molecule has 0 amide bonds. The van der Waals surface area contributed by atoms with Crippen LogP contribution in [0.25, 0.3) is 0 Å². The summed E-state index contributed by atoms with van der Waals surface area (Å²) in [5.41, 5.74) is 0.657.